The molecule has 1 atom stereocenters. The molecule has 100 valence electrons. The Morgan fingerprint density at radius 2 is 2.16 bits per heavy atom. The van der Waals surface area contributed by atoms with Crippen molar-refractivity contribution in [1.29, 1.82) is 0 Å². The standard InChI is InChI=1S/C15H19N3O/c1-11-14-9-16-17-15(14)7-8-18(11)10-12-3-5-13(19-2)6-4-12/h3-6,9,11H,7-8,10H2,1-2H3,(H,16,17). The Balaban J connectivity index is 1.73. The minimum atomic E-state index is 0.421. The lowest BCUT2D eigenvalue weighted by molar-refractivity contribution is 0.189. The van der Waals surface area contributed by atoms with Crippen molar-refractivity contribution < 1.29 is 4.74 Å². The normalized spacial score (nSPS) is 19.2. The summed E-state index contributed by atoms with van der Waals surface area (Å²) in [4.78, 5) is 2.49. The van der Waals surface area contributed by atoms with Crippen LogP contribution in [0.4, 0.5) is 0 Å². The van der Waals surface area contributed by atoms with Crippen LogP contribution >= 0.6 is 0 Å². The van der Waals surface area contributed by atoms with Crippen molar-refractivity contribution in [3.63, 3.8) is 0 Å². The van der Waals surface area contributed by atoms with Crippen LogP contribution < -0.4 is 4.74 Å². The average Bonchev–Trinajstić information content (AvgIpc) is 2.92. The molecule has 0 amide bonds. The number of benzene rings is 1. The second-order valence-corrected chi connectivity index (χ2v) is 5.05. The molecule has 0 radical (unpaired) electrons. The van der Waals surface area contributed by atoms with Gasteiger partial charge in [-0.2, -0.15) is 5.10 Å². The zero-order valence-corrected chi connectivity index (χ0v) is 11.4. The van der Waals surface area contributed by atoms with Gasteiger partial charge in [-0.3, -0.25) is 10.00 Å². The minimum Gasteiger partial charge on any atom is -0.497 e. The van der Waals surface area contributed by atoms with Crippen molar-refractivity contribution in [3.05, 3.63) is 47.3 Å². The second kappa shape index (κ2) is 5.05. The van der Waals surface area contributed by atoms with Gasteiger partial charge in [0, 0.05) is 36.8 Å². The van der Waals surface area contributed by atoms with Crippen molar-refractivity contribution in [3.8, 4) is 5.75 Å². The number of fused-ring (bicyclic) bond motifs is 1. The molecule has 1 N–H and O–H groups in total. The summed E-state index contributed by atoms with van der Waals surface area (Å²) in [5.41, 5.74) is 3.94. The summed E-state index contributed by atoms with van der Waals surface area (Å²) in [6.45, 7) is 4.29. The van der Waals surface area contributed by atoms with E-state index < -0.39 is 0 Å². The van der Waals surface area contributed by atoms with Crippen LogP contribution in [0.3, 0.4) is 0 Å². The number of methoxy groups -OCH3 is 1. The Labute approximate surface area is 113 Å². The van der Waals surface area contributed by atoms with E-state index in [1.54, 1.807) is 7.11 Å². The van der Waals surface area contributed by atoms with Gasteiger partial charge in [0.1, 0.15) is 5.75 Å². The summed E-state index contributed by atoms with van der Waals surface area (Å²) in [5.74, 6) is 0.910. The van der Waals surface area contributed by atoms with Gasteiger partial charge < -0.3 is 4.74 Å². The van der Waals surface area contributed by atoms with E-state index in [1.165, 1.54) is 16.8 Å². The quantitative estimate of drug-likeness (QED) is 0.918. The summed E-state index contributed by atoms with van der Waals surface area (Å²) in [5, 5.41) is 7.24. The fraction of sp³-hybridized carbons (Fsp3) is 0.400. The van der Waals surface area contributed by atoms with E-state index in [0.29, 0.717) is 6.04 Å². The number of aromatic amines is 1. The first-order chi connectivity index (χ1) is 9.28. The lowest BCUT2D eigenvalue weighted by Gasteiger charge is -2.33. The van der Waals surface area contributed by atoms with Crippen molar-refractivity contribution in [2.45, 2.75) is 25.9 Å². The van der Waals surface area contributed by atoms with Crippen LogP contribution in [-0.2, 0) is 13.0 Å². The van der Waals surface area contributed by atoms with Crippen molar-refractivity contribution in [2.24, 2.45) is 0 Å². The Morgan fingerprint density at radius 1 is 1.37 bits per heavy atom. The Hall–Kier alpha value is -1.81. The van der Waals surface area contributed by atoms with Gasteiger partial charge in [-0.1, -0.05) is 12.1 Å². The molecule has 1 aliphatic rings. The number of hydrogen-bond donors (Lipinski definition) is 1. The van der Waals surface area contributed by atoms with Crippen LogP contribution in [0.25, 0.3) is 0 Å². The summed E-state index contributed by atoms with van der Waals surface area (Å²) in [6.07, 6.45) is 3.01. The van der Waals surface area contributed by atoms with Crippen LogP contribution in [0.2, 0.25) is 0 Å². The molecule has 0 spiro atoms. The topological polar surface area (TPSA) is 41.1 Å². The number of H-pyrrole nitrogens is 1. The molecule has 0 saturated heterocycles. The van der Waals surface area contributed by atoms with E-state index in [0.717, 1.165) is 25.3 Å². The fourth-order valence-corrected chi connectivity index (χ4v) is 2.71. The largest absolute Gasteiger partial charge is 0.497 e. The molecular weight excluding hydrogens is 238 g/mol. The fourth-order valence-electron chi connectivity index (χ4n) is 2.71. The van der Waals surface area contributed by atoms with Gasteiger partial charge in [0.05, 0.1) is 13.3 Å². The highest BCUT2D eigenvalue weighted by molar-refractivity contribution is 5.28. The maximum absolute atomic E-state index is 5.19. The third-order valence-electron chi connectivity index (χ3n) is 3.94. The molecule has 2 heterocycles. The first-order valence-corrected chi connectivity index (χ1v) is 6.67. The molecule has 3 rings (SSSR count). The summed E-state index contributed by atoms with van der Waals surface area (Å²) < 4.78 is 5.19. The highest BCUT2D eigenvalue weighted by Crippen LogP contribution is 2.29. The molecule has 19 heavy (non-hydrogen) atoms. The van der Waals surface area contributed by atoms with E-state index in [4.69, 9.17) is 4.74 Å². The third-order valence-corrected chi connectivity index (χ3v) is 3.94. The molecule has 4 nitrogen and oxygen atoms in total. The molecule has 0 saturated carbocycles. The molecule has 1 unspecified atom stereocenters. The first kappa shape index (κ1) is 12.2. The Kier molecular flexibility index (Phi) is 3.25. The lowest BCUT2D eigenvalue weighted by atomic mass is 10.00. The monoisotopic (exact) mass is 257 g/mol. The maximum atomic E-state index is 5.19. The first-order valence-electron chi connectivity index (χ1n) is 6.67. The molecule has 0 fully saturated rings. The number of hydrogen-bond acceptors (Lipinski definition) is 3. The van der Waals surface area contributed by atoms with Crippen LogP contribution in [0.5, 0.6) is 5.75 Å². The van der Waals surface area contributed by atoms with Crippen LogP contribution in [0, 0.1) is 0 Å². The third kappa shape index (κ3) is 2.36. The van der Waals surface area contributed by atoms with E-state index in [-0.39, 0.29) is 0 Å². The Morgan fingerprint density at radius 3 is 2.89 bits per heavy atom. The molecule has 4 heteroatoms. The number of nitrogens with one attached hydrogen (secondary N) is 1. The van der Waals surface area contributed by atoms with E-state index in [9.17, 15) is 0 Å². The molecule has 0 aliphatic carbocycles. The van der Waals surface area contributed by atoms with E-state index >= 15 is 0 Å². The van der Waals surface area contributed by atoms with Crippen LogP contribution in [0.15, 0.2) is 30.5 Å². The van der Waals surface area contributed by atoms with Crippen LogP contribution in [0.1, 0.15) is 29.8 Å². The van der Waals surface area contributed by atoms with Crippen molar-refractivity contribution in [2.75, 3.05) is 13.7 Å². The van der Waals surface area contributed by atoms with E-state index in [2.05, 4.69) is 34.2 Å². The Bertz CT molecular complexity index is 547. The van der Waals surface area contributed by atoms with E-state index in [1.807, 2.05) is 18.3 Å². The molecule has 0 bridgehead atoms. The SMILES string of the molecule is COc1ccc(CN2CCc3[nH]ncc3C2C)cc1. The summed E-state index contributed by atoms with van der Waals surface area (Å²) >= 11 is 0. The predicted molar refractivity (Wildman–Crippen MR) is 74.1 cm³/mol. The highest BCUT2D eigenvalue weighted by Gasteiger charge is 2.24. The van der Waals surface area contributed by atoms with Gasteiger partial charge in [-0.15, -0.1) is 0 Å². The van der Waals surface area contributed by atoms with Crippen molar-refractivity contribution in [1.82, 2.24) is 15.1 Å². The number of rotatable bonds is 3. The van der Waals surface area contributed by atoms with Gasteiger partial charge >= 0.3 is 0 Å². The number of ether oxygens (including phenoxy) is 1. The average molecular weight is 257 g/mol. The molecule has 1 aromatic carbocycles. The zero-order valence-electron chi connectivity index (χ0n) is 11.4. The molecule has 1 aromatic heterocycles. The van der Waals surface area contributed by atoms with Gasteiger partial charge in [-0.05, 0) is 24.6 Å². The maximum Gasteiger partial charge on any atom is 0.118 e. The zero-order chi connectivity index (χ0) is 13.2. The number of nitrogens with zero attached hydrogens (tertiary/aromatic N) is 2. The molecular formula is C15H19N3O. The summed E-state index contributed by atoms with van der Waals surface area (Å²) in [7, 11) is 1.70. The molecule has 2 aromatic rings. The summed E-state index contributed by atoms with van der Waals surface area (Å²) in [6, 6.07) is 8.73. The van der Waals surface area contributed by atoms with Gasteiger partial charge in [0.15, 0.2) is 0 Å². The molecule has 1 aliphatic heterocycles. The minimum absolute atomic E-state index is 0.421. The predicted octanol–water partition coefficient (Wildman–Crippen LogP) is 2.54. The smallest absolute Gasteiger partial charge is 0.118 e. The van der Waals surface area contributed by atoms with Crippen LogP contribution in [-0.4, -0.2) is 28.8 Å². The highest BCUT2D eigenvalue weighted by atomic mass is 16.5. The second-order valence-electron chi connectivity index (χ2n) is 5.05. The van der Waals surface area contributed by atoms with Gasteiger partial charge in [0.2, 0.25) is 0 Å². The lowest BCUT2D eigenvalue weighted by Crippen LogP contribution is -2.33. The van der Waals surface area contributed by atoms with Crippen molar-refractivity contribution >= 4 is 0 Å². The van der Waals surface area contributed by atoms with Gasteiger partial charge in [-0.25, -0.2) is 0 Å². The van der Waals surface area contributed by atoms with Gasteiger partial charge in [0.25, 0.3) is 0 Å². The number of aromatic nitrogens is 2.